The second-order valence-electron chi connectivity index (χ2n) is 4.62. The molecule has 0 bridgehead atoms. The van der Waals surface area contributed by atoms with Crippen LogP contribution in [-0.2, 0) is 4.79 Å². The molecule has 0 radical (unpaired) electrons. The Labute approximate surface area is 118 Å². The van der Waals surface area contributed by atoms with Crippen molar-refractivity contribution in [3.63, 3.8) is 0 Å². The number of esters is 1. The molecule has 0 fully saturated rings. The van der Waals surface area contributed by atoms with Gasteiger partial charge in [0.15, 0.2) is 0 Å². The second kappa shape index (κ2) is 6.80. The maximum absolute atomic E-state index is 11.8. The van der Waals surface area contributed by atoms with Crippen molar-refractivity contribution in [2.75, 3.05) is 0 Å². The van der Waals surface area contributed by atoms with Crippen molar-refractivity contribution in [1.82, 2.24) is 9.97 Å². The van der Waals surface area contributed by atoms with Crippen molar-refractivity contribution in [3.8, 4) is 17.0 Å². The van der Waals surface area contributed by atoms with Crippen LogP contribution in [0.1, 0.15) is 31.7 Å². The first kappa shape index (κ1) is 14.2. The summed E-state index contributed by atoms with van der Waals surface area (Å²) in [5.74, 6) is 0.359. The van der Waals surface area contributed by atoms with Gasteiger partial charge < -0.3 is 4.74 Å². The molecule has 4 nitrogen and oxygen atoms in total. The van der Waals surface area contributed by atoms with Crippen LogP contribution in [0.25, 0.3) is 11.3 Å². The van der Waals surface area contributed by atoms with Gasteiger partial charge in [-0.25, -0.2) is 9.97 Å². The van der Waals surface area contributed by atoms with Gasteiger partial charge in [-0.05, 0) is 31.0 Å². The van der Waals surface area contributed by atoms with Gasteiger partial charge in [-0.3, -0.25) is 4.79 Å². The van der Waals surface area contributed by atoms with Crippen LogP contribution in [0.5, 0.6) is 5.75 Å². The van der Waals surface area contributed by atoms with Gasteiger partial charge in [0.1, 0.15) is 12.1 Å². The SMILES string of the molecule is CCCCC(=O)Oc1cccc(C)c1-c1ccncn1. The third-order valence-corrected chi connectivity index (χ3v) is 3.03. The molecule has 1 heterocycles. The fourth-order valence-electron chi connectivity index (χ4n) is 1.99. The monoisotopic (exact) mass is 270 g/mol. The fraction of sp³-hybridized carbons (Fsp3) is 0.312. The standard InChI is InChI=1S/C16H18N2O2/c1-3-4-8-15(19)20-14-7-5-6-12(2)16(14)13-9-10-17-11-18-13/h5-7,9-11H,3-4,8H2,1-2H3. The Morgan fingerprint density at radius 2 is 2.15 bits per heavy atom. The zero-order chi connectivity index (χ0) is 14.4. The number of unbranched alkanes of at least 4 members (excludes halogenated alkanes) is 1. The van der Waals surface area contributed by atoms with E-state index in [0.717, 1.165) is 29.7 Å². The molecule has 20 heavy (non-hydrogen) atoms. The average molecular weight is 270 g/mol. The third-order valence-electron chi connectivity index (χ3n) is 3.03. The zero-order valence-electron chi connectivity index (χ0n) is 11.8. The van der Waals surface area contributed by atoms with Crippen LogP contribution < -0.4 is 4.74 Å². The fourth-order valence-corrected chi connectivity index (χ4v) is 1.99. The molecule has 0 aliphatic carbocycles. The lowest BCUT2D eigenvalue weighted by Crippen LogP contribution is -2.08. The smallest absolute Gasteiger partial charge is 0.311 e. The number of rotatable bonds is 5. The maximum atomic E-state index is 11.8. The highest BCUT2D eigenvalue weighted by Gasteiger charge is 2.13. The molecule has 2 aromatic rings. The lowest BCUT2D eigenvalue weighted by Gasteiger charge is -2.12. The molecule has 1 aromatic heterocycles. The Bertz CT molecular complexity index is 582. The molecule has 0 unspecified atom stereocenters. The Hall–Kier alpha value is -2.23. The number of aromatic nitrogens is 2. The second-order valence-corrected chi connectivity index (χ2v) is 4.62. The number of benzene rings is 1. The first-order chi connectivity index (χ1) is 9.72. The summed E-state index contributed by atoms with van der Waals surface area (Å²) < 4.78 is 5.48. The van der Waals surface area contributed by atoms with E-state index in [-0.39, 0.29) is 5.97 Å². The Balaban J connectivity index is 2.30. The summed E-state index contributed by atoms with van der Waals surface area (Å²) in [7, 11) is 0. The molecule has 0 saturated heterocycles. The molecule has 4 heteroatoms. The first-order valence-electron chi connectivity index (χ1n) is 6.79. The summed E-state index contributed by atoms with van der Waals surface area (Å²) in [6.07, 6.45) is 5.42. The van der Waals surface area contributed by atoms with E-state index in [1.807, 2.05) is 32.0 Å². The summed E-state index contributed by atoms with van der Waals surface area (Å²) in [6, 6.07) is 7.46. The van der Waals surface area contributed by atoms with Gasteiger partial charge in [-0.2, -0.15) is 0 Å². The Morgan fingerprint density at radius 1 is 1.30 bits per heavy atom. The quantitative estimate of drug-likeness (QED) is 0.616. The number of carbonyl (C=O) groups is 1. The van der Waals surface area contributed by atoms with Gasteiger partial charge in [-0.1, -0.05) is 25.5 Å². The molecule has 0 aliphatic rings. The molecule has 0 N–H and O–H groups in total. The predicted molar refractivity (Wildman–Crippen MR) is 77.4 cm³/mol. The van der Waals surface area contributed by atoms with Crippen molar-refractivity contribution in [2.24, 2.45) is 0 Å². The largest absolute Gasteiger partial charge is 0.426 e. The molecular weight excluding hydrogens is 252 g/mol. The van der Waals surface area contributed by atoms with E-state index >= 15 is 0 Å². The molecular formula is C16H18N2O2. The van der Waals surface area contributed by atoms with Gasteiger partial charge >= 0.3 is 5.97 Å². The molecule has 0 amide bonds. The summed E-state index contributed by atoms with van der Waals surface area (Å²) in [5, 5.41) is 0. The molecule has 0 aliphatic heterocycles. The normalized spacial score (nSPS) is 10.3. The van der Waals surface area contributed by atoms with Crippen LogP contribution in [0.15, 0.2) is 36.8 Å². The van der Waals surface area contributed by atoms with Gasteiger partial charge in [0.2, 0.25) is 0 Å². The van der Waals surface area contributed by atoms with Crippen molar-refractivity contribution >= 4 is 5.97 Å². The summed E-state index contributed by atoms with van der Waals surface area (Å²) in [4.78, 5) is 20.0. The highest BCUT2D eigenvalue weighted by molar-refractivity contribution is 5.78. The molecule has 104 valence electrons. The number of hydrogen-bond donors (Lipinski definition) is 0. The molecule has 0 spiro atoms. The van der Waals surface area contributed by atoms with E-state index in [2.05, 4.69) is 9.97 Å². The van der Waals surface area contributed by atoms with Crippen LogP contribution in [0.2, 0.25) is 0 Å². The molecule has 1 aromatic carbocycles. The van der Waals surface area contributed by atoms with Gasteiger partial charge in [0, 0.05) is 18.2 Å². The van der Waals surface area contributed by atoms with E-state index in [1.54, 1.807) is 12.3 Å². The highest BCUT2D eigenvalue weighted by Crippen LogP contribution is 2.31. The Kier molecular flexibility index (Phi) is 4.82. The number of carbonyl (C=O) groups excluding carboxylic acids is 1. The van der Waals surface area contributed by atoms with E-state index in [0.29, 0.717) is 12.2 Å². The topological polar surface area (TPSA) is 52.1 Å². The van der Waals surface area contributed by atoms with Crippen molar-refractivity contribution < 1.29 is 9.53 Å². The van der Waals surface area contributed by atoms with Crippen molar-refractivity contribution in [2.45, 2.75) is 33.1 Å². The van der Waals surface area contributed by atoms with Gasteiger partial charge in [0.25, 0.3) is 0 Å². The van der Waals surface area contributed by atoms with Crippen molar-refractivity contribution in [3.05, 3.63) is 42.4 Å². The van der Waals surface area contributed by atoms with Crippen LogP contribution >= 0.6 is 0 Å². The molecule has 0 atom stereocenters. The lowest BCUT2D eigenvalue weighted by atomic mass is 10.0. The predicted octanol–water partition coefficient (Wildman–Crippen LogP) is 3.55. The number of ether oxygens (including phenoxy) is 1. The lowest BCUT2D eigenvalue weighted by molar-refractivity contribution is -0.134. The number of aryl methyl sites for hydroxylation is 1. The maximum Gasteiger partial charge on any atom is 0.311 e. The minimum absolute atomic E-state index is 0.201. The van der Waals surface area contributed by atoms with Crippen LogP contribution in [0.4, 0.5) is 0 Å². The summed E-state index contributed by atoms with van der Waals surface area (Å²) in [5.41, 5.74) is 2.63. The molecule has 2 rings (SSSR count). The zero-order valence-corrected chi connectivity index (χ0v) is 11.8. The minimum Gasteiger partial charge on any atom is -0.426 e. The third kappa shape index (κ3) is 3.41. The number of hydrogen-bond acceptors (Lipinski definition) is 4. The van der Waals surface area contributed by atoms with E-state index in [9.17, 15) is 4.79 Å². The van der Waals surface area contributed by atoms with E-state index in [1.165, 1.54) is 6.33 Å². The highest BCUT2D eigenvalue weighted by atomic mass is 16.5. The Morgan fingerprint density at radius 3 is 2.85 bits per heavy atom. The van der Waals surface area contributed by atoms with E-state index < -0.39 is 0 Å². The van der Waals surface area contributed by atoms with Crippen molar-refractivity contribution in [1.29, 1.82) is 0 Å². The van der Waals surface area contributed by atoms with Gasteiger partial charge in [-0.15, -0.1) is 0 Å². The molecule has 0 saturated carbocycles. The van der Waals surface area contributed by atoms with Crippen LogP contribution in [-0.4, -0.2) is 15.9 Å². The average Bonchev–Trinajstić information content (AvgIpc) is 2.46. The van der Waals surface area contributed by atoms with E-state index in [4.69, 9.17) is 4.74 Å². The minimum atomic E-state index is -0.201. The van der Waals surface area contributed by atoms with Gasteiger partial charge in [0.05, 0.1) is 5.69 Å². The number of nitrogens with zero attached hydrogens (tertiary/aromatic N) is 2. The summed E-state index contributed by atoms with van der Waals surface area (Å²) in [6.45, 7) is 4.02. The van der Waals surface area contributed by atoms with Crippen LogP contribution in [0.3, 0.4) is 0 Å². The first-order valence-corrected chi connectivity index (χ1v) is 6.79. The van der Waals surface area contributed by atoms with Crippen LogP contribution in [0, 0.1) is 6.92 Å². The summed E-state index contributed by atoms with van der Waals surface area (Å²) >= 11 is 0.